The molecule has 0 saturated heterocycles. The van der Waals surface area contributed by atoms with Gasteiger partial charge < -0.3 is 9.72 Å². The van der Waals surface area contributed by atoms with Crippen molar-refractivity contribution in [1.82, 2.24) is 19.5 Å². The SMILES string of the molecule is CCCSc1nc(OCC)c2[nH]c(=O)c(=O)n(Cc3ccccc3)c2n1. The first-order chi connectivity index (χ1) is 12.6. The Kier molecular flexibility index (Phi) is 5.72. The van der Waals surface area contributed by atoms with Crippen molar-refractivity contribution in [2.75, 3.05) is 12.4 Å². The van der Waals surface area contributed by atoms with Gasteiger partial charge in [-0.15, -0.1) is 0 Å². The second-order valence-electron chi connectivity index (χ2n) is 5.62. The van der Waals surface area contributed by atoms with E-state index < -0.39 is 11.1 Å². The van der Waals surface area contributed by atoms with Crippen molar-refractivity contribution < 1.29 is 4.74 Å². The maximum atomic E-state index is 12.5. The molecule has 0 radical (unpaired) electrons. The zero-order valence-corrected chi connectivity index (χ0v) is 15.5. The van der Waals surface area contributed by atoms with Gasteiger partial charge in [0.2, 0.25) is 5.88 Å². The van der Waals surface area contributed by atoms with E-state index in [1.165, 1.54) is 16.3 Å². The van der Waals surface area contributed by atoms with Gasteiger partial charge in [-0.1, -0.05) is 49.0 Å². The minimum absolute atomic E-state index is 0.251. The quantitative estimate of drug-likeness (QED) is 0.389. The number of aromatic amines is 1. The maximum Gasteiger partial charge on any atom is 0.318 e. The fraction of sp³-hybridized carbons (Fsp3) is 0.333. The van der Waals surface area contributed by atoms with Gasteiger partial charge in [-0.25, -0.2) is 4.98 Å². The summed E-state index contributed by atoms with van der Waals surface area (Å²) in [5, 5.41) is 0.524. The summed E-state index contributed by atoms with van der Waals surface area (Å²) in [7, 11) is 0. The number of rotatable bonds is 7. The van der Waals surface area contributed by atoms with Crippen LogP contribution in [0, 0.1) is 0 Å². The van der Waals surface area contributed by atoms with Crippen molar-refractivity contribution >= 4 is 22.9 Å². The second-order valence-corrected chi connectivity index (χ2v) is 6.68. The molecule has 0 fully saturated rings. The highest BCUT2D eigenvalue weighted by atomic mass is 32.2. The van der Waals surface area contributed by atoms with Gasteiger partial charge in [0.05, 0.1) is 13.2 Å². The lowest BCUT2D eigenvalue weighted by Gasteiger charge is -2.12. The van der Waals surface area contributed by atoms with Crippen LogP contribution in [0.1, 0.15) is 25.8 Å². The van der Waals surface area contributed by atoms with Gasteiger partial charge in [0.1, 0.15) is 5.52 Å². The largest absolute Gasteiger partial charge is 0.476 e. The van der Waals surface area contributed by atoms with Gasteiger partial charge >= 0.3 is 11.1 Å². The molecule has 1 aromatic carbocycles. The molecule has 2 aromatic heterocycles. The molecule has 0 bridgehead atoms. The molecule has 0 amide bonds. The lowest BCUT2D eigenvalue weighted by Crippen LogP contribution is -2.37. The number of hydrogen-bond donors (Lipinski definition) is 1. The van der Waals surface area contributed by atoms with Crippen molar-refractivity contribution in [3.8, 4) is 5.88 Å². The summed E-state index contributed by atoms with van der Waals surface area (Å²) < 4.78 is 6.97. The average molecular weight is 372 g/mol. The van der Waals surface area contributed by atoms with Crippen LogP contribution in [-0.2, 0) is 6.54 Å². The predicted molar refractivity (Wildman–Crippen MR) is 102 cm³/mol. The molecule has 136 valence electrons. The van der Waals surface area contributed by atoms with E-state index in [2.05, 4.69) is 21.9 Å². The van der Waals surface area contributed by atoms with Crippen LogP contribution < -0.4 is 15.9 Å². The number of hydrogen-bond acceptors (Lipinski definition) is 6. The predicted octanol–water partition coefficient (Wildman–Crippen LogP) is 2.43. The smallest absolute Gasteiger partial charge is 0.318 e. The Balaban J connectivity index is 2.23. The topological polar surface area (TPSA) is 89.9 Å². The molecule has 0 aliphatic carbocycles. The first-order valence-corrected chi connectivity index (χ1v) is 9.47. The van der Waals surface area contributed by atoms with Crippen LogP contribution in [0.2, 0.25) is 0 Å². The van der Waals surface area contributed by atoms with Crippen LogP contribution in [0.25, 0.3) is 11.2 Å². The molecule has 0 atom stereocenters. The Labute approximate surface area is 154 Å². The van der Waals surface area contributed by atoms with Crippen molar-refractivity contribution in [3.05, 3.63) is 56.6 Å². The zero-order chi connectivity index (χ0) is 18.5. The molecule has 1 N–H and O–H groups in total. The highest BCUT2D eigenvalue weighted by Crippen LogP contribution is 2.24. The van der Waals surface area contributed by atoms with E-state index in [-0.39, 0.29) is 12.4 Å². The lowest BCUT2D eigenvalue weighted by molar-refractivity contribution is 0.327. The third-order valence-electron chi connectivity index (χ3n) is 3.67. The third-order valence-corrected chi connectivity index (χ3v) is 4.72. The van der Waals surface area contributed by atoms with Crippen LogP contribution in [0.4, 0.5) is 0 Å². The van der Waals surface area contributed by atoms with E-state index in [0.717, 1.165) is 17.7 Å². The van der Waals surface area contributed by atoms with Gasteiger partial charge in [-0.2, -0.15) is 4.98 Å². The van der Waals surface area contributed by atoms with E-state index in [1.807, 2.05) is 37.3 Å². The van der Waals surface area contributed by atoms with Crippen molar-refractivity contribution in [1.29, 1.82) is 0 Å². The molecule has 0 aliphatic rings. The molecule has 3 rings (SSSR count). The van der Waals surface area contributed by atoms with Gasteiger partial charge in [0.15, 0.2) is 10.8 Å². The first kappa shape index (κ1) is 18.2. The molecule has 0 spiro atoms. The van der Waals surface area contributed by atoms with E-state index in [9.17, 15) is 9.59 Å². The standard InChI is InChI=1S/C18H20N4O3S/c1-3-10-26-18-20-14-13(16(21-18)25-4-2)19-15(23)17(24)22(14)11-12-8-6-5-7-9-12/h5-9H,3-4,10-11H2,1-2H3,(H,19,23). The van der Waals surface area contributed by atoms with Gasteiger partial charge in [0, 0.05) is 5.75 Å². The Bertz CT molecular complexity index is 1010. The molecule has 26 heavy (non-hydrogen) atoms. The summed E-state index contributed by atoms with van der Waals surface area (Å²) in [6, 6.07) is 9.47. The summed E-state index contributed by atoms with van der Waals surface area (Å²) >= 11 is 1.49. The highest BCUT2D eigenvalue weighted by Gasteiger charge is 2.16. The van der Waals surface area contributed by atoms with Crippen LogP contribution in [0.15, 0.2) is 45.1 Å². The van der Waals surface area contributed by atoms with Gasteiger partial charge in [-0.3, -0.25) is 14.2 Å². The fourth-order valence-electron chi connectivity index (χ4n) is 2.51. The maximum absolute atomic E-state index is 12.5. The molecular formula is C18H20N4O3S. The van der Waals surface area contributed by atoms with Crippen molar-refractivity contribution in [3.63, 3.8) is 0 Å². The fourth-order valence-corrected chi connectivity index (χ4v) is 3.20. The number of aromatic nitrogens is 4. The molecule has 3 aromatic rings. The van der Waals surface area contributed by atoms with Gasteiger partial charge in [0.25, 0.3) is 0 Å². The average Bonchev–Trinajstić information content (AvgIpc) is 2.65. The van der Waals surface area contributed by atoms with Gasteiger partial charge in [-0.05, 0) is 18.9 Å². The number of thioether (sulfide) groups is 1. The number of nitrogens with one attached hydrogen (secondary N) is 1. The minimum Gasteiger partial charge on any atom is -0.476 e. The number of fused-ring (bicyclic) bond motifs is 1. The van der Waals surface area contributed by atoms with E-state index in [4.69, 9.17) is 4.74 Å². The van der Waals surface area contributed by atoms with Crippen LogP contribution in [0.5, 0.6) is 5.88 Å². The number of benzene rings is 1. The molecular weight excluding hydrogens is 352 g/mol. The summed E-state index contributed by atoms with van der Waals surface area (Å²) in [6.07, 6.45) is 0.971. The van der Waals surface area contributed by atoms with Crippen molar-refractivity contribution in [2.24, 2.45) is 0 Å². The number of nitrogens with zero attached hydrogens (tertiary/aromatic N) is 3. The second kappa shape index (κ2) is 8.18. The van der Waals surface area contributed by atoms with E-state index in [0.29, 0.717) is 22.9 Å². The Hall–Kier alpha value is -2.61. The molecule has 0 unspecified atom stereocenters. The third kappa shape index (κ3) is 3.80. The first-order valence-electron chi connectivity index (χ1n) is 8.48. The van der Waals surface area contributed by atoms with Crippen LogP contribution in [-0.4, -0.2) is 31.9 Å². The summed E-state index contributed by atoms with van der Waals surface area (Å²) in [4.78, 5) is 36.1. The monoisotopic (exact) mass is 372 g/mol. The molecule has 7 nitrogen and oxygen atoms in total. The van der Waals surface area contributed by atoms with Crippen LogP contribution in [0.3, 0.4) is 0 Å². The summed E-state index contributed by atoms with van der Waals surface area (Å²) in [5.74, 6) is 1.14. The number of ether oxygens (including phenoxy) is 1. The summed E-state index contributed by atoms with van der Waals surface area (Å²) in [6.45, 7) is 4.55. The van der Waals surface area contributed by atoms with Crippen molar-refractivity contribution in [2.45, 2.75) is 32.0 Å². The molecule has 0 aliphatic heterocycles. The van der Waals surface area contributed by atoms with Crippen LogP contribution >= 0.6 is 11.8 Å². The zero-order valence-electron chi connectivity index (χ0n) is 14.7. The molecule has 2 heterocycles. The molecule has 0 saturated carbocycles. The number of H-pyrrole nitrogens is 1. The highest BCUT2D eigenvalue weighted by molar-refractivity contribution is 7.99. The Morgan fingerprint density at radius 1 is 1.15 bits per heavy atom. The van der Waals surface area contributed by atoms with E-state index >= 15 is 0 Å². The Morgan fingerprint density at radius 2 is 1.92 bits per heavy atom. The summed E-state index contributed by atoms with van der Waals surface area (Å²) in [5.41, 5.74) is 0.255. The molecule has 8 heteroatoms. The van der Waals surface area contributed by atoms with E-state index in [1.54, 1.807) is 0 Å². The lowest BCUT2D eigenvalue weighted by atomic mass is 10.2. The normalized spacial score (nSPS) is 11.0. The Morgan fingerprint density at radius 3 is 2.62 bits per heavy atom. The minimum atomic E-state index is -0.716.